The van der Waals surface area contributed by atoms with Crippen LogP contribution in [0.5, 0.6) is 0 Å². The van der Waals surface area contributed by atoms with Gasteiger partial charge in [-0.15, -0.1) is 0 Å². The number of likely N-dealkylation sites (N-methyl/N-ethyl adjacent to an activating group) is 1. The SMILES string of the molecule is CCN(CC(=O)NN1C(=O)N[C@](C)(CC)C1=O)CC(=O)NC(C)(C)C. The zero-order chi connectivity index (χ0) is 19.4. The maximum Gasteiger partial charge on any atom is 0.344 e. The van der Waals surface area contributed by atoms with E-state index in [9.17, 15) is 19.2 Å². The zero-order valence-corrected chi connectivity index (χ0v) is 15.9. The van der Waals surface area contributed by atoms with Gasteiger partial charge < -0.3 is 10.6 Å². The molecule has 1 saturated heterocycles. The normalized spacial score (nSPS) is 20.7. The number of imide groups is 1. The van der Waals surface area contributed by atoms with Crippen molar-refractivity contribution in [3.63, 3.8) is 0 Å². The Hall–Kier alpha value is -2.16. The maximum absolute atomic E-state index is 12.2. The minimum atomic E-state index is -1.01. The molecule has 0 aromatic carbocycles. The lowest BCUT2D eigenvalue weighted by molar-refractivity contribution is -0.139. The van der Waals surface area contributed by atoms with Gasteiger partial charge in [-0.3, -0.25) is 24.7 Å². The second kappa shape index (κ2) is 7.81. The second-order valence-electron chi connectivity index (χ2n) is 7.39. The van der Waals surface area contributed by atoms with E-state index < -0.39 is 23.4 Å². The van der Waals surface area contributed by atoms with Gasteiger partial charge in [-0.05, 0) is 40.7 Å². The average molecular weight is 355 g/mol. The molecule has 0 spiro atoms. The first kappa shape index (κ1) is 20.9. The van der Waals surface area contributed by atoms with Crippen molar-refractivity contribution in [2.75, 3.05) is 19.6 Å². The molecular weight excluding hydrogens is 326 g/mol. The first-order chi connectivity index (χ1) is 11.4. The molecule has 142 valence electrons. The van der Waals surface area contributed by atoms with E-state index in [0.717, 1.165) is 0 Å². The highest BCUT2D eigenvalue weighted by atomic mass is 16.2. The van der Waals surface area contributed by atoms with Crippen LogP contribution < -0.4 is 16.1 Å². The monoisotopic (exact) mass is 355 g/mol. The van der Waals surface area contributed by atoms with E-state index in [2.05, 4.69) is 16.1 Å². The van der Waals surface area contributed by atoms with Gasteiger partial charge in [0.2, 0.25) is 5.91 Å². The van der Waals surface area contributed by atoms with Crippen molar-refractivity contribution in [2.24, 2.45) is 0 Å². The summed E-state index contributed by atoms with van der Waals surface area (Å²) < 4.78 is 0. The molecule has 0 aromatic rings. The number of nitrogens with one attached hydrogen (secondary N) is 3. The molecule has 9 nitrogen and oxygen atoms in total. The summed E-state index contributed by atoms with van der Waals surface area (Å²) >= 11 is 0. The van der Waals surface area contributed by atoms with E-state index in [0.29, 0.717) is 18.0 Å². The Kier molecular flexibility index (Phi) is 6.53. The molecule has 1 aliphatic rings. The number of urea groups is 1. The average Bonchev–Trinajstić information content (AvgIpc) is 2.68. The lowest BCUT2D eigenvalue weighted by atomic mass is 10.00. The first-order valence-corrected chi connectivity index (χ1v) is 8.41. The van der Waals surface area contributed by atoms with E-state index >= 15 is 0 Å². The Bertz CT molecular complexity index is 557. The summed E-state index contributed by atoms with van der Waals surface area (Å²) in [6.07, 6.45) is 0.415. The summed E-state index contributed by atoms with van der Waals surface area (Å²) in [4.78, 5) is 49.9. The Labute approximate surface area is 148 Å². The summed E-state index contributed by atoms with van der Waals surface area (Å²) in [5.41, 5.74) is 0.943. The number of nitrogens with zero attached hydrogens (tertiary/aromatic N) is 2. The van der Waals surface area contributed by atoms with Crippen LogP contribution >= 0.6 is 0 Å². The third-order valence-corrected chi connectivity index (χ3v) is 3.90. The standard InChI is InChI=1S/C16H29N5O4/c1-7-16(6)13(24)21(14(25)18-16)19-12(23)10-20(8-2)9-11(22)17-15(3,4)5/h7-10H2,1-6H3,(H,17,22)(H,18,25)(H,19,23)/t16-/m1/s1. The third kappa shape index (κ3) is 5.70. The minimum absolute atomic E-state index is 0.0496. The van der Waals surface area contributed by atoms with Crippen molar-refractivity contribution < 1.29 is 19.2 Å². The fourth-order valence-corrected chi connectivity index (χ4v) is 2.33. The van der Waals surface area contributed by atoms with Gasteiger partial charge in [0.1, 0.15) is 5.54 Å². The molecule has 0 aliphatic carbocycles. The number of hydrogen-bond acceptors (Lipinski definition) is 5. The van der Waals surface area contributed by atoms with Crippen LogP contribution in [0.2, 0.25) is 0 Å². The van der Waals surface area contributed by atoms with E-state index in [1.165, 1.54) is 0 Å². The van der Waals surface area contributed by atoms with Gasteiger partial charge in [0, 0.05) is 5.54 Å². The van der Waals surface area contributed by atoms with Gasteiger partial charge in [0.05, 0.1) is 13.1 Å². The Morgan fingerprint density at radius 1 is 1.16 bits per heavy atom. The van der Waals surface area contributed by atoms with Gasteiger partial charge in [0.25, 0.3) is 11.8 Å². The summed E-state index contributed by atoms with van der Waals surface area (Å²) in [6.45, 7) is 11.2. The van der Waals surface area contributed by atoms with Crippen LogP contribution in [-0.4, -0.2) is 64.4 Å². The highest BCUT2D eigenvalue weighted by Crippen LogP contribution is 2.19. The third-order valence-electron chi connectivity index (χ3n) is 3.90. The fourth-order valence-electron chi connectivity index (χ4n) is 2.33. The number of amides is 5. The lowest BCUT2D eigenvalue weighted by Gasteiger charge is -2.25. The van der Waals surface area contributed by atoms with Crippen molar-refractivity contribution in [2.45, 2.75) is 59.0 Å². The molecule has 0 radical (unpaired) electrons. The highest BCUT2D eigenvalue weighted by molar-refractivity contribution is 6.07. The van der Waals surface area contributed by atoms with Crippen LogP contribution in [0.25, 0.3) is 0 Å². The summed E-state index contributed by atoms with van der Waals surface area (Å²) in [6, 6.07) is -0.656. The topological polar surface area (TPSA) is 111 Å². The predicted molar refractivity (Wildman–Crippen MR) is 92.2 cm³/mol. The van der Waals surface area contributed by atoms with Gasteiger partial charge in [-0.25, -0.2) is 4.79 Å². The van der Waals surface area contributed by atoms with Gasteiger partial charge >= 0.3 is 6.03 Å². The van der Waals surface area contributed by atoms with E-state index in [1.54, 1.807) is 18.7 Å². The first-order valence-electron chi connectivity index (χ1n) is 8.41. The number of carbonyl (C=O) groups excluding carboxylic acids is 4. The molecule has 1 rings (SSSR count). The molecule has 0 unspecified atom stereocenters. The Morgan fingerprint density at radius 2 is 1.72 bits per heavy atom. The predicted octanol–water partition coefficient (Wildman–Crippen LogP) is -0.0253. The number of carbonyl (C=O) groups is 4. The zero-order valence-electron chi connectivity index (χ0n) is 15.9. The highest BCUT2D eigenvalue weighted by Gasteiger charge is 2.47. The molecule has 25 heavy (non-hydrogen) atoms. The molecule has 1 atom stereocenters. The largest absolute Gasteiger partial charge is 0.350 e. The Morgan fingerprint density at radius 3 is 2.16 bits per heavy atom. The molecular formula is C16H29N5O4. The second-order valence-corrected chi connectivity index (χ2v) is 7.39. The number of hydrazine groups is 1. The van der Waals surface area contributed by atoms with Gasteiger partial charge in [0.15, 0.2) is 0 Å². The van der Waals surface area contributed by atoms with Crippen LogP contribution in [0.1, 0.15) is 48.0 Å². The van der Waals surface area contributed by atoms with Crippen LogP contribution in [0.15, 0.2) is 0 Å². The van der Waals surface area contributed by atoms with E-state index in [4.69, 9.17) is 0 Å². The van der Waals surface area contributed by atoms with Crippen molar-refractivity contribution >= 4 is 23.8 Å². The lowest BCUT2D eigenvalue weighted by Crippen LogP contribution is -2.52. The van der Waals surface area contributed by atoms with Crippen molar-refractivity contribution in [1.82, 2.24) is 26.0 Å². The quantitative estimate of drug-likeness (QED) is 0.556. The maximum atomic E-state index is 12.2. The molecule has 0 saturated carbocycles. The van der Waals surface area contributed by atoms with Crippen molar-refractivity contribution in [3.8, 4) is 0 Å². The van der Waals surface area contributed by atoms with Crippen LogP contribution in [-0.2, 0) is 14.4 Å². The molecule has 1 heterocycles. The Balaban J connectivity index is 2.61. The molecule has 0 bridgehead atoms. The molecule has 5 amide bonds. The summed E-state index contributed by atoms with van der Waals surface area (Å²) in [5.74, 6) is -1.23. The van der Waals surface area contributed by atoms with Gasteiger partial charge in [-0.2, -0.15) is 5.01 Å². The van der Waals surface area contributed by atoms with Crippen molar-refractivity contribution in [3.05, 3.63) is 0 Å². The summed E-state index contributed by atoms with van der Waals surface area (Å²) in [7, 11) is 0. The number of hydrogen-bond donors (Lipinski definition) is 3. The van der Waals surface area contributed by atoms with Crippen LogP contribution in [0.4, 0.5) is 4.79 Å². The van der Waals surface area contributed by atoms with Crippen molar-refractivity contribution in [1.29, 1.82) is 0 Å². The smallest absolute Gasteiger partial charge is 0.344 e. The fraction of sp³-hybridized carbons (Fsp3) is 0.750. The molecule has 0 aromatic heterocycles. The molecule has 1 aliphatic heterocycles. The molecule has 9 heteroatoms. The van der Waals surface area contributed by atoms with Crippen LogP contribution in [0.3, 0.4) is 0 Å². The molecule has 1 fully saturated rings. The van der Waals surface area contributed by atoms with E-state index in [-0.39, 0.29) is 24.5 Å². The summed E-state index contributed by atoms with van der Waals surface area (Å²) in [5, 5.41) is 6.08. The minimum Gasteiger partial charge on any atom is -0.350 e. The number of rotatable bonds is 7. The van der Waals surface area contributed by atoms with Gasteiger partial charge in [-0.1, -0.05) is 13.8 Å². The van der Waals surface area contributed by atoms with E-state index in [1.807, 2.05) is 27.7 Å². The van der Waals surface area contributed by atoms with Crippen LogP contribution in [0, 0.1) is 0 Å². The molecule has 3 N–H and O–H groups in total.